The Balaban J connectivity index is 2.25. The van der Waals surface area contributed by atoms with Crippen molar-refractivity contribution in [2.75, 3.05) is 12.4 Å². The van der Waals surface area contributed by atoms with Crippen molar-refractivity contribution in [2.24, 2.45) is 0 Å². The maximum absolute atomic E-state index is 10.7. The van der Waals surface area contributed by atoms with Crippen LogP contribution in [0.5, 0.6) is 0 Å². The topological polar surface area (TPSA) is 20.1 Å². The average Bonchev–Trinajstić information content (AvgIpc) is 2.64. The second kappa shape index (κ2) is 2.56. The molecule has 1 amide bonds. The molecular weight excluding hydrogens is 138 g/mol. The zero-order valence-corrected chi connectivity index (χ0v) is 6.19. The van der Waals surface area contributed by atoms with E-state index in [1.165, 1.54) is 0 Å². The van der Waals surface area contributed by atoms with Crippen LogP contribution in [0, 0.1) is 0 Å². The maximum Gasteiger partial charge on any atom is 0.237 e. The molecule has 1 rings (SSSR count). The van der Waals surface area contributed by atoms with Crippen LogP contribution in [0.3, 0.4) is 0 Å². The van der Waals surface area contributed by atoms with Crippen molar-refractivity contribution in [1.29, 1.82) is 0 Å². The molecule has 0 saturated carbocycles. The number of carbonyl (C=O) groups excluding carboxylic acids is 1. The molecule has 1 atom stereocenters. The van der Waals surface area contributed by atoms with Crippen molar-refractivity contribution in [1.82, 2.24) is 4.90 Å². The van der Waals surface area contributed by atoms with E-state index in [2.05, 4.69) is 6.92 Å². The molecule has 0 aromatic carbocycles. The van der Waals surface area contributed by atoms with Crippen LogP contribution in [-0.2, 0) is 4.79 Å². The van der Waals surface area contributed by atoms with E-state index in [0.29, 0.717) is 6.04 Å². The third-order valence-electron chi connectivity index (χ3n) is 1.62. The van der Waals surface area contributed by atoms with Gasteiger partial charge in [0.15, 0.2) is 0 Å². The SMILES string of the molecule is CCC1CN1C(=O)CCl. The van der Waals surface area contributed by atoms with Gasteiger partial charge in [-0.1, -0.05) is 6.92 Å². The Morgan fingerprint density at radius 3 is 2.89 bits per heavy atom. The second-order valence-corrected chi connectivity index (χ2v) is 2.51. The monoisotopic (exact) mass is 147 g/mol. The molecule has 0 spiro atoms. The van der Waals surface area contributed by atoms with Gasteiger partial charge >= 0.3 is 0 Å². The fourth-order valence-corrected chi connectivity index (χ4v) is 1.07. The Kier molecular flexibility index (Phi) is 1.96. The highest BCUT2D eigenvalue weighted by molar-refractivity contribution is 6.27. The smallest absolute Gasteiger partial charge is 0.237 e. The lowest BCUT2D eigenvalue weighted by molar-refractivity contribution is -0.123. The van der Waals surface area contributed by atoms with Gasteiger partial charge in [0.2, 0.25) is 5.91 Å². The van der Waals surface area contributed by atoms with Crippen molar-refractivity contribution in [2.45, 2.75) is 19.4 Å². The van der Waals surface area contributed by atoms with E-state index < -0.39 is 0 Å². The van der Waals surface area contributed by atoms with Gasteiger partial charge in [0.1, 0.15) is 5.88 Å². The number of hydrogen-bond acceptors (Lipinski definition) is 1. The fraction of sp³-hybridized carbons (Fsp3) is 0.833. The first-order valence-corrected chi connectivity index (χ1v) is 3.68. The average molecular weight is 148 g/mol. The zero-order valence-electron chi connectivity index (χ0n) is 5.43. The minimum atomic E-state index is 0.0727. The second-order valence-electron chi connectivity index (χ2n) is 2.24. The third-order valence-corrected chi connectivity index (χ3v) is 1.85. The number of alkyl halides is 1. The van der Waals surface area contributed by atoms with Crippen molar-refractivity contribution >= 4 is 17.5 Å². The van der Waals surface area contributed by atoms with Gasteiger partial charge in [-0.15, -0.1) is 11.6 Å². The van der Waals surface area contributed by atoms with Gasteiger partial charge in [-0.05, 0) is 6.42 Å². The van der Waals surface area contributed by atoms with Gasteiger partial charge in [0.25, 0.3) is 0 Å². The lowest BCUT2D eigenvalue weighted by atomic mass is 10.4. The molecule has 0 radical (unpaired) electrons. The highest BCUT2D eigenvalue weighted by Gasteiger charge is 2.35. The van der Waals surface area contributed by atoms with Gasteiger partial charge in [-0.3, -0.25) is 4.79 Å². The van der Waals surface area contributed by atoms with Crippen LogP contribution in [0.4, 0.5) is 0 Å². The Labute approximate surface area is 59.8 Å². The summed E-state index contributed by atoms with van der Waals surface area (Å²) in [6.07, 6.45) is 1.06. The molecule has 52 valence electrons. The van der Waals surface area contributed by atoms with Gasteiger partial charge in [-0.25, -0.2) is 0 Å². The normalized spacial score (nSPS) is 24.2. The first-order valence-electron chi connectivity index (χ1n) is 3.15. The largest absolute Gasteiger partial charge is 0.335 e. The molecule has 1 fully saturated rings. The summed E-state index contributed by atoms with van der Waals surface area (Å²) < 4.78 is 0. The van der Waals surface area contributed by atoms with E-state index in [1.807, 2.05) is 0 Å². The minimum Gasteiger partial charge on any atom is -0.335 e. The molecule has 1 unspecified atom stereocenters. The zero-order chi connectivity index (χ0) is 6.85. The van der Waals surface area contributed by atoms with E-state index in [0.717, 1.165) is 13.0 Å². The van der Waals surface area contributed by atoms with Crippen LogP contribution < -0.4 is 0 Å². The van der Waals surface area contributed by atoms with Crippen LogP contribution in [-0.4, -0.2) is 29.3 Å². The van der Waals surface area contributed by atoms with E-state index >= 15 is 0 Å². The molecular formula is C6H10ClNO. The lowest BCUT2D eigenvalue weighted by Crippen LogP contribution is -2.13. The summed E-state index contributed by atoms with van der Waals surface area (Å²) in [7, 11) is 0. The lowest BCUT2D eigenvalue weighted by Gasteiger charge is -1.96. The number of nitrogens with zero attached hydrogens (tertiary/aromatic N) is 1. The number of carbonyl (C=O) groups is 1. The Morgan fingerprint density at radius 2 is 2.56 bits per heavy atom. The van der Waals surface area contributed by atoms with Crippen LogP contribution in [0.15, 0.2) is 0 Å². The molecule has 0 aliphatic carbocycles. The summed E-state index contributed by atoms with van der Waals surface area (Å²) in [6, 6.07) is 0.497. The molecule has 1 aliphatic rings. The van der Waals surface area contributed by atoms with Gasteiger partial charge in [0.05, 0.1) is 0 Å². The molecule has 0 N–H and O–H groups in total. The molecule has 0 aromatic heterocycles. The highest BCUT2D eigenvalue weighted by Crippen LogP contribution is 2.20. The predicted octanol–water partition coefficient (Wildman–Crippen LogP) is 0.846. The van der Waals surface area contributed by atoms with Crippen LogP contribution in [0.2, 0.25) is 0 Å². The molecule has 3 heteroatoms. The number of amides is 1. The quantitative estimate of drug-likeness (QED) is 0.419. The van der Waals surface area contributed by atoms with E-state index in [9.17, 15) is 4.79 Å². The summed E-state index contributed by atoms with van der Waals surface area (Å²) in [6.45, 7) is 2.99. The summed E-state index contributed by atoms with van der Waals surface area (Å²) in [5.74, 6) is 0.208. The van der Waals surface area contributed by atoms with Crippen molar-refractivity contribution in [3.63, 3.8) is 0 Å². The summed E-state index contributed by atoms with van der Waals surface area (Å²) in [5.41, 5.74) is 0. The van der Waals surface area contributed by atoms with Crippen molar-refractivity contribution in [3.8, 4) is 0 Å². The first kappa shape index (κ1) is 6.87. The summed E-state index contributed by atoms with van der Waals surface area (Å²) in [4.78, 5) is 12.5. The minimum absolute atomic E-state index is 0.0727. The van der Waals surface area contributed by atoms with Gasteiger partial charge in [0, 0.05) is 12.6 Å². The Hall–Kier alpha value is -0.240. The maximum atomic E-state index is 10.7. The first-order chi connectivity index (χ1) is 4.29. The van der Waals surface area contributed by atoms with Crippen LogP contribution in [0.25, 0.3) is 0 Å². The predicted molar refractivity (Wildman–Crippen MR) is 36.5 cm³/mol. The number of halogens is 1. The standard InChI is InChI=1S/C6H10ClNO/c1-2-5-4-8(5)6(9)3-7/h5H,2-4H2,1H3. The van der Waals surface area contributed by atoms with E-state index in [4.69, 9.17) is 11.6 Å². The van der Waals surface area contributed by atoms with Crippen LogP contribution >= 0.6 is 11.6 Å². The molecule has 1 aliphatic heterocycles. The molecule has 0 aromatic rings. The van der Waals surface area contributed by atoms with Gasteiger partial charge < -0.3 is 4.90 Å². The Morgan fingerprint density at radius 1 is 1.89 bits per heavy atom. The summed E-state index contributed by atoms with van der Waals surface area (Å²) in [5, 5.41) is 0. The van der Waals surface area contributed by atoms with Crippen molar-refractivity contribution < 1.29 is 4.79 Å². The summed E-state index contributed by atoms with van der Waals surface area (Å²) >= 11 is 5.32. The Bertz CT molecular complexity index is 126. The molecule has 1 heterocycles. The molecule has 2 nitrogen and oxygen atoms in total. The third kappa shape index (κ3) is 1.36. The van der Waals surface area contributed by atoms with E-state index in [1.54, 1.807) is 4.90 Å². The van der Waals surface area contributed by atoms with Crippen molar-refractivity contribution in [3.05, 3.63) is 0 Å². The fourth-order valence-electron chi connectivity index (χ4n) is 0.912. The number of rotatable bonds is 2. The molecule has 1 saturated heterocycles. The highest BCUT2D eigenvalue weighted by atomic mass is 35.5. The van der Waals surface area contributed by atoms with E-state index in [-0.39, 0.29) is 11.8 Å². The van der Waals surface area contributed by atoms with Gasteiger partial charge in [-0.2, -0.15) is 0 Å². The molecule has 0 bridgehead atoms. The number of hydrogen-bond donors (Lipinski definition) is 0. The molecule has 9 heavy (non-hydrogen) atoms. The van der Waals surface area contributed by atoms with Crippen LogP contribution in [0.1, 0.15) is 13.3 Å².